The zero-order valence-electron chi connectivity index (χ0n) is 18.9. The van der Waals surface area contributed by atoms with Crippen LogP contribution in [0.25, 0.3) is 5.70 Å². The molecule has 1 fully saturated rings. The van der Waals surface area contributed by atoms with Crippen molar-refractivity contribution in [1.82, 2.24) is 20.6 Å². The van der Waals surface area contributed by atoms with Crippen molar-refractivity contribution in [2.45, 2.75) is 38.3 Å². The number of halogens is 1. The molecule has 3 aliphatic rings. The molecule has 2 atom stereocenters. The van der Waals surface area contributed by atoms with Crippen LogP contribution < -0.4 is 20.4 Å². The van der Waals surface area contributed by atoms with E-state index >= 15 is 4.39 Å². The van der Waals surface area contributed by atoms with E-state index in [-0.39, 0.29) is 19.0 Å². The minimum atomic E-state index is -0.554. The zero-order chi connectivity index (χ0) is 23.8. The molecule has 1 aromatic heterocycles. The molecule has 5 rings (SSSR count). The van der Waals surface area contributed by atoms with Gasteiger partial charge in [0, 0.05) is 43.6 Å². The molecule has 1 saturated heterocycles. The van der Waals surface area contributed by atoms with Gasteiger partial charge in [-0.1, -0.05) is 0 Å². The molecule has 0 radical (unpaired) electrons. The van der Waals surface area contributed by atoms with Crippen molar-refractivity contribution in [2.75, 3.05) is 29.4 Å². The van der Waals surface area contributed by atoms with Crippen LogP contribution in [0.5, 0.6) is 0 Å². The first-order valence-electron chi connectivity index (χ1n) is 11.1. The fourth-order valence-corrected chi connectivity index (χ4v) is 4.95. The first kappa shape index (κ1) is 22.5. The van der Waals surface area contributed by atoms with Crippen molar-refractivity contribution in [3.63, 3.8) is 0 Å². The van der Waals surface area contributed by atoms with Crippen molar-refractivity contribution < 1.29 is 18.7 Å². The number of thioether (sulfide) groups is 1. The van der Waals surface area contributed by atoms with Gasteiger partial charge >= 0.3 is 6.09 Å². The van der Waals surface area contributed by atoms with E-state index < -0.39 is 18.0 Å². The van der Waals surface area contributed by atoms with Crippen molar-refractivity contribution in [3.8, 4) is 0 Å². The topological polar surface area (TPSA) is 99.7 Å². The van der Waals surface area contributed by atoms with Gasteiger partial charge in [0.05, 0.1) is 41.2 Å². The third kappa shape index (κ3) is 4.52. The number of hydrogen-bond acceptors (Lipinski definition) is 8. The first-order chi connectivity index (χ1) is 16.4. The predicted molar refractivity (Wildman–Crippen MR) is 128 cm³/mol. The lowest BCUT2D eigenvalue weighted by molar-refractivity contribution is -0.119. The molecule has 0 aliphatic carbocycles. The summed E-state index contributed by atoms with van der Waals surface area (Å²) in [6.45, 7) is 5.09. The van der Waals surface area contributed by atoms with Crippen LogP contribution in [0.1, 0.15) is 30.9 Å². The fraction of sp³-hybridized carbons (Fsp3) is 0.391. The Hall–Kier alpha value is -3.34. The number of cyclic esters (lactones) is 1. The van der Waals surface area contributed by atoms with E-state index in [2.05, 4.69) is 22.5 Å². The second-order valence-electron chi connectivity index (χ2n) is 8.48. The number of hydrogen-bond donors (Lipinski definition) is 2. The largest absolute Gasteiger partial charge is 0.442 e. The van der Waals surface area contributed by atoms with Crippen LogP contribution in [0.15, 0.2) is 29.8 Å². The number of benzene rings is 1. The molecule has 0 saturated carbocycles. The number of fused-ring (bicyclic) bond motifs is 1. The molecule has 11 heteroatoms. The van der Waals surface area contributed by atoms with E-state index in [1.807, 2.05) is 16.5 Å². The van der Waals surface area contributed by atoms with Crippen molar-refractivity contribution >= 4 is 40.8 Å². The van der Waals surface area contributed by atoms with E-state index in [4.69, 9.17) is 9.72 Å². The van der Waals surface area contributed by atoms with Crippen LogP contribution in [0.2, 0.25) is 0 Å². The Morgan fingerprint density at radius 2 is 2.26 bits per heavy atom. The number of rotatable bonds is 5. The van der Waals surface area contributed by atoms with Gasteiger partial charge in [-0.3, -0.25) is 9.69 Å². The van der Waals surface area contributed by atoms with Gasteiger partial charge in [0.1, 0.15) is 11.9 Å². The van der Waals surface area contributed by atoms with Crippen LogP contribution in [0, 0.1) is 5.82 Å². The molecular formula is C23H25FN6O3S. The molecule has 0 spiro atoms. The van der Waals surface area contributed by atoms with E-state index in [1.54, 1.807) is 23.9 Å². The third-order valence-corrected chi connectivity index (χ3v) is 6.86. The predicted octanol–water partition coefficient (Wildman–Crippen LogP) is 2.62. The third-order valence-electron chi connectivity index (χ3n) is 5.96. The summed E-state index contributed by atoms with van der Waals surface area (Å²) in [7, 11) is 0. The summed E-state index contributed by atoms with van der Waals surface area (Å²) in [4.78, 5) is 35.9. The molecular weight excluding hydrogens is 459 g/mol. The van der Waals surface area contributed by atoms with E-state index in [0.29, 0.717) is 42.1 Å². The molecule has 9 nitrogen and oxygen atoms in total. The highest BCUT2D eigenvalue weighted by molar-refractivity contribution is 8.03. The van der Waals surface area contributed by atoms with Crippen molar-refractivity contribution in [2.24, 2.45) is 0 Å². The molecule has 0 bridgehead atoms. The highest BCUT2D eigenvalue weighted by Gasteiger charge is 2.33. The van der Waals surface area contributed by atoms with E-state index in [0.717, 1.165) is 17.0 Å². The lowest BCUT2D eigenvalue weighted by Crippen LogP contribution is -2.33. The zero-order valence-corrected chi connectivity index (χ0v) is 19.7. The summed E-state index contributed by atoms with van der Waals surface area (Å²) in [5, 5.41) is 8.33. The number of amides is 2. The van der Waals surface area contributed by atoms with Gasteiger partial charge in [-0.2, -0.15) is 0 Å². The Labute approximate surface area is 200 Å². The Kier molecular flexibility index (Phi) is 6.03. The number of carbonyl (C=O) groups excluding carboxylic acids is 2. The van der Waals surface area contributed by atoms with Gasteiger partial charge in [-0.15, -0.1) is 11.8 Å². The number of nitrogens with zero attached hydrogens (tertiary/aromatic N) is 4. The van der Waals surface area contributed by atoms with Crippen molar-refractivity contribution in [3.05, 3.63) is 52.7 Å². The number of nitrogens with one attached hydrogen (secondary N) is 2. The number of ether oxygens (including phenoxy) is 1. The van der Waals surface area contributed by atoms with Gasteiger partial charge in [-0.05, 0) is 25.1 Å². The fourth-order valence-electron chi connectivity index (χ4n) is 4.24. The standard InChI is InChI=1S/C23H25FN6O3S/c1-13(31)25-9-17-11-30(23(32)33-17)16-3-4-21(18(24)7-16)29-6-5-19-15(10-29)8-26-22(28-19)20-12-34-14(2)27-20/h3-4,7-8,12,14,17,27H,5-6,9-11H2,1-2H3,(H,25,31)/t14?,17-/m0/s1. The Balaban J connectivity index is 1.28. The smallest absolute Gasteiger partial charge is 0.414 e. The lowest BCUT2D eigenvalue weighted by Gasteiger charge is -2.30. The lowest BCUT2D eigenvalue weighted by atomic mass is 10.1. The second-order valence-corrected chi connectivity index (χ2v) is 9.70. The molecule has 3 aliphatic heterocycles. The monoisotopic (exact) mass is 484 g/mol. The van der Waals surface area contributed by atoms with Gasteiger partial charge in [-0.25, -0.2) is 19.2 Å². The molecule has 1 unspecified atom stereocenters. The highest BCUT2D eigenvalue weighted by Crippen LogP contribution is 2.31. The van der Waals surface area contributed by atoms with E-state index in [9.17, 15) is 9.59 Å². The van der Waals surface area contributed by atoms with Crippen molar-refractivity contribution in [1.29, 1.82) is 0 Å². The van der Waals surface area contributed by atoms with Crippen LogP contribution in [0.4, 0.5) is 20.6 Å². The highest BCUT2D eigenvalue weighted by atomic mass is 32.2. The Bertz CT molecular complexity index is 1180. The minimum Gasteiger partial charge on any atom is -0.442 e. The van der Waals surface area contributed by atoms with Crippen LogP contribution in [0.3, 0.4) is 0 Å². The summed E-state index contributed by atoms with van der Waals surface area (Å²) in [5.41, 5.74) is 3.78. The van der Waals surface area contributed by atoms with Gasteiger partial charge in [0.2, 0.25) is 5.91 Å². The summed E-state index contributed by atoms with van der Waals surface area (Å²) in [6, 6.07) is 4.75. The average molecular weight is 485 g/mol. The molecule has 178 valence electrons. The molecule has 4 heterocycles. The summed E-state index contributed by atoms with van der Waals surface area (Å²) >= 11 is 1.70. The summed E-state index contributed by atoms with van der Waals surface area (Å²) < 4.78 is 20.4. The molecule has 2 aromatic rings. The maximum absolute atomic E-state index is 15.1. The van der Waals surface area contributed by atoms with Crippen LogP contribution >= 0.6 is 11.8 Å². The summed E-state index contributed by atoms with van der Waals surface area (Å²) in [5.74, 6) is 0.0762. The van der Waals surface area contributed by atoms with Crippen LogP contribution in [-0.2, 0) is 22.5 Å². The molecule has 2 N–H and O–H groups in total. The molecule has 34 heavy (non-hydrogen) atoms. The maximum atomic E-state index is 15.1. The number of anilines is 2. The summed E-state index contributed by atoms with van der Waals surface area (Å²) in [6.07, 6.45) is 1.48. The molecule has 2 amide bonds. The number of aromatic nitrogens is 2. The quantitative estimate of drug-likeness (QED) is 0.668. The number of carbonyl (C=O) groups is 2. The molecule has 1 aromatic carbocycles. The van der Waals surface area contributed by atoms with Gasteiger partial charge in [0.25, 0.3) is 0 Å². The van der Waals surface area contributed by atoms with Crippen LogP contribution in [-0.4, -0.2) is 53.1 Å². The first-order valence-corrected chi connectivity index (χ1v) is 12.1. The average Bonchev–Trinajstić information content (AvgIpc) is 3.42. The Morgan fingerprint density at radius 1 is 1.41 bits per heavy atom. The SMILES string of the molecule is CC(=O)NC[C@H]1CN(c2ccc(N3CCc4nc(C5=CSC(C)N5)ncc4C3)c(F)c2)C(=O)O1. The van der Waals surface area contributed by atoms with Gasteiger partial charge in [0.15, 0.2) is 5.82 Å². The Morgan fingerprint density at radius 3 is 3.00 bits per heavy atom. The minimum absolute atomic E-state index is 0.199. The maximum Gasteiger partial charge on any atom is 0.414 e. The van der Waals surface area contributed by atoms with E-state index in [1.165, 1.54) is 17.9 Å². The van der Waals surface area contributed by atoms with Gasteiger partial charge < -0.3 is 20.3 Å². The normalized spacial score (nSPS) is 21.6. The second kappa shape index (κ2) is 9.13.